The fraction of sp³-hybridized carbons (Fsp3) is 0.214. The number of nitrogens with zero attached hydrogens (tertiary/aromatic N) is 2. The van der Waals surface area contributed by atoms with Gasteiger partial charge in [-0.05, 0) is 31.2 Å². The van der Waals surface area contributed by atoms with Crippen molar-refractivity contribution < 1.29 is 14.3 Å². The number of hydrogen-bond acceptors (Lipinski definition) is 4. The summed E-state index contributed by atoms with van der Waals surface area (Å²) < 4.78 is 6.55. The molecule has 1 heterocycles. The minimum atomic E-state index is -0.471. The lowest BCUT2D eigenvalue weighted by atomic mass is 10.2. The van der Waals surface area contributed by atoms with Crippen LogP contribution in [-0.4, -0.2) is 23.4 Å². The van der Waals surface area contributed by atoms with Gasteiger partial charge in [-0.2, -0.15) is 5.26 Å². The summed E-state index contributed by atoms with van der Waals surface area (Å²) in [6.45, 7) is 2.05. The predicted octanol–water partition coefficient (Wildman–Crippen LogP) is 2.15. The molecule has 0 bridgehead atoms. The van der Waals surface area contributed by atoms with Crippen LogP contribution >= 0.6 is 0 Å². The van der Waals surface area contributed by atoms with Crippen molar-refractivity contribution in [2.75, 3.05) is 6.61 Å². The van der Waals surface area contributed by atoms with E-state index in [-0.39, 0.29) is 13.2 Å². The first kappa shape index (κ1) is 12.8. The number of ether oxygens (including phenoxy) is 1. The van der Waals surface area contributed by atoms with Gasteiger partial charge in [0.25, 0.3) is 0 Å². The van der Waals surface area contributed by atoms with Gasteiger partial charge < -0.3 is 9.30 Å². The smallest absolute Gasteiger partial charge is 0.355 e. The molecule has 0 N–H and O–H groups in total. The summed E-state index contributed by atoms with van der Waals surface area (Å²) in [6, 6.07) is 8.70. The van der Waals surface area contributed by atoms with E-state index >= 15 is 0 Å². The van der Waals surface area contributed by atoms with Crippen molar-refractivity contribution >= 4 is 23.2 Å². The van der Waals surface area contributed by atoms with Crippen molar-refractivity contribution in [2.24, 2.45) is 0 Å². The maximum atomic E-state index is 11.8. The first-order chi connectivity index (χ1) is 9.21. The average molecular weight is 256 g/mol. The molecule has 0 aliphatic heterocycles. The zero-order chi connectivity index (χ0) is 13.8. The van der Waals surface area contributed by atoms with E-state index in [0.29, 0.717) is 11.3 Å². The number of hydrogen-bond donors (Lipinski definition) is 0. The van der Waals surface area contributed by atoms with Gasteiger partial charge in [-0.15, -0.1) is 0 Å². The van der Waals surface area contributed by atoms with Crippen LogP contribution < -0.4 is 0 Å². The highest BCUT2D eigenvalue weighted by molar-refractivity contribution is 5.97. The molecule has 0 atom stereocenters. The molecule has 5 heteroatoms. The number of esters is 1. The van der Waals surface area contributed by atoms with Crippen LogP contribution in [0.4, 0.5) is 0 Å². The topological polar surface area (TPSA) is 72.1 Å². The van der Waals surface area contributed by atoms with E-state index in [1.807, 2.05) is 6.07 Å². The van der Waals surface area contributed by atoms with Gasteiger partial charge in [-0.3, -0.25) is 4.79 Å². The van der Waals surface area contributed by atoms with E-state index in [4.69, 9.17) is 10.00 Å². The SMILES string of the molecule is CCOC(=O)c1cc2cc(C=O)ccc2n1CC#N. The predicted molar refractivity (Wildman–Crippen MR) is 68.9 cm³/mol. The molecule has 1 aromatic carbocycles. The van der Waals surface area contributed by atoms with Gasteiger partial charge in [0.05, 0.1) is 12.7 Å². The molecule has 0 saturated carbocycles. The van der Waals surface area contributed by atoms with Crippen molar-refractivity contribution in [1.82, 2.24) is 4.57 Å². The minimum Gasteiger partial charge on any atom is -0.461 e. The molecule has 5 nitrogen and oxygen atoms in total. The van der Waals surface area contributed by atoms with Crippen LogP contribution in [0, 0.1) is 11.3 Å². The number of carbonyl (C=O) groups is 2. The Morgan fingerprint density at radius 3 is 2.89 bits per heavy atom. The molecule has 19 heavy (non-hydrogen) atoms. The zero-order valence-electron chi connectivity index (χ0n) is 10.4. The molecule has 2 rings (SSSR count). The quantitative estimate of drug-likeness (QED) is 0.620. The molecule has 2 aromatic rings. The first-order valence-electron chi connectivity index (χ1n) is 5.83. The van der Waals surface area contributed by atoms with Crippen LogP contribution in [0.5, 0.6) is 0 Å². The Kier molecular flexibility index (Phi) is 3.62. The monoisotopic (exact) mass is 256 g/mol. The Hall–Kier alpha value is -2.61. The molecular formula is C14H12N2O3. The Morgan fingerprint density at radius 2 is 2.26 bits per heavy atom. The molecule has 0 spiro atoms. The highest BCUT2D eigenvalue weighted by Crippen LogP contribution is 2.21. The van der Waals surface area contributed by atoms with Gasteiger partial charge in [-0.25, -0.2) is 4.79 Å². The number of aldehydes is 1. The third kappa shape index (κ3) is 2.33. The molecule has 0 radical (unpaired) electrons. The van der Waals surface area contributed by atoms with Gasteiger partial charge in [0.15, 0.2) is 0 Å². The van der Waals surface area contributed by atoms with Gasteiger partial charge in [0.2, 0.25) is 0 Å². The Labute approximate surface area is 110 Å². The normalized spacial score (nSPS) is 10.1. The van der Waals surface area contributed by atoms with E-state index in [0.717, 1.165) is 17.2 Å². The van der Waals surface area contributed by atoms with E-state index in [1.54, 1.807) is 35.8 Å². The Bertz CT molecular complexity index is 680. The molecule has 1 aromatic heterocycles. The summed E-state index contributed by atoms with van der Waals surface area (Å²) in [5.74, 6) is -0.471. The number of nitriles is 1. The summed E-state index contributed by atoms with van der Waals surface area (Å²) in [6.07, 6.45) is 0.741. The first-order valence-corrected chi connectivity index (χ1v) is 5.83. The van der Waals surface area contributed by atoms with Crippen molar-refractivity contribution in [3.8, 4) is 6.07 Å². The minimum absolute atomic E-state index is 0.0537. The average Bonchev–Trinajstić information content (AvgIpc) is 2.77. The lowest BCUT2D eigenvalue weighted by molar-refractivity contribution is 0.0515. The third-order valence-corrected chi connectivity index (χ3v) is 2.77. The molecule has 96 valence electrons. The van der Waals surface area contributed by atoms with E-state index in [1.165, 1.54) is 0 Å². The number of fused-ring (bicyclic) bond motifs is 1. The summed E-state index contributed by atoms with van der Waals surface area (Å²) in [4.78, 5) is 22.6. The Balaban J connectivity index is 2.62. The van der Waals surface area contributed by atoms with Crippen LogP contribution in [0.3, 0.4) is 0 Å². The summed E-state index contributed by atoms with van der Waals surface area (Å²) >= 11 is 0. The van der Waals surface area contributed by atoms with E-state index in [2.05, 4.69) is 0 Å². The fourth-order valence-corrected chi connectivity index (χ4v) is 1.98. The molecule has 0 aliphatic carbocycles. The van der Waals surface area contributed by atoms with Crippen LogP contribution in [0.15, 0.2) is 24.3 Å². The number of rotatable bonds is 4. The highest BCUT2D eigenvalue weighted by atomic mass is 16.5. The molecular weight excluding hydrogens is 244 g/mol. The van der Waals surface area contributed by atoms with E-state index < -0.39 is 5.97 Å². The van der Waals surface area contributed by atoms with Crippen molar-refractivity contribution in [2.45, 2.75) is 13.5 Å². The number of benzene rings is 1. The second kappa shape index (κ2) is 5.36. The molecule has 0 amide bonds. The van der Waals surface area contributed by atoms with Crippen LogP contribution in [-0.2, 0) is 11.3 Å². The van der Waals surface area contributed by atoms with Crippen molar-refractivity contribution in [3.63, 3.8) is 0 Å². The van der Waals surface area contributed by atoms with Crippen LogP contribution in [0.1, 0.15) is 27.8 Å². The summed E-state index contributed by atoms with van der Waals surface area (Å²) in [5.41, 5.74) is 1.58. The number of aromatic nitrogens is 1. The molecule has 0 saturated heterocycles. The maximum Gasteiger partial charge on any atom is 0.355 e. The zero-order valence-corrected chi connectivity index (χ0v) is 10.4. The van der Waals surface area contributed by atoms with Crippen LogP contribution in [0.25, 0.3) is 10.9 Å². The molecule has 0 unspecified atom stereocenters. The standard InChI is InChI=1S/C14H12N2O3/c1-2-19-14(18)13-8-11-7-10(9-17)3-4-12(11)16(13)6-5-15/h3-4,7-9H,2,6H2,1H3. The second-order valence-electron chi connectivity index (χ2n) is 3.93. The van der Waals surface area contributed by atoms with Gasteiger partial charge in [0.1, 0.15) is 18.5 Å². The van der Waals surface area contributed by atoms with E-state index in [9.17, 15) is 9.59 Å². The molecule has 0 aliphatic rings. The maximum absolute atomic E-state index is 11.8. The van der Waals surface area contributed by atoms with Crippen LogP contribution in [0.2, 0.25) is 0 Å². The van der Waals surface area contributed by atoms with Crippen molar-refractivity contribution in [3.05, 3.63) is 35.5 Å². The highest BCUT2D eigenvalue weighted by Gasteiger charge is 2.16. The number of carbonyl (C=O) groups excluding carboxylic acids is 2. The molecule has 0 fully saturated rings. The second-order valence-corrected chi connectivity index (χ2v) is 3.93. The fourth-order valence-electron chi connectivity index (χ4n) is 1.98. The third-order valence-electron chi connectivity index (χ3n) is 2.77. The summed E-state index contributed by atoms with van der Waals surface area (Å²) in [5, 5.41) is 9.59. The van der Waals surface area contributed by atoms with Gasteiger partial charge in [-0.1, -0.05) is 0 Å². The van der Waals surface area contributed by atoms with Gasteiger partial charge >= 0.3 is 5.97 Å². The summed E-state index contributed by atoms with van der Waals surface area (Å²) in [7, 11) is 0. The lowest BCUT2D eigenvalue weighted by Gasteiger charge is -2.05. The lowest BCUT2D eigenvalue weighted by Crippen LogP contribution is -2.11. The Morgan fingerprint density at radius 1 is 1.47 bits per heavy atom. The van der Waals surface area contributed by atoms with Crippen molar-refractivity contribution in [1.29, 1.82) is 5.26 Å². The van der Waals surface area contributed by atoms with Gasteiger partial charge in [0, 0.05) is 16.5 Å². The largest absolute Gasteiger partial charge is 0.461 e.